The molecule has 9 aliphatic rings. The molecule has 67 nitrogen and oxygen atoms in total. The van der Waals surface area contributed by atoms with Crippen molar-refractivity contribution in [3.8, 4) is 0 Å². The lowest BCUT2D eigenvalue weighted by Gasteiger charge is -2.25. The first-order valence-electron chi connectivity index (χ1n) is 39.1. The molecule has 0 amide bonds. The number of ether oxygens (including phenoxy) is 6. The van der Waals surface area contributed by atoms with E-state index in [0.29, 0.717) is 0 Å². The number of imidazole rings is 5. The van der Waals surface area contributed by atoms with E-state index in [2.05, 4.69) is 84.7 Å². The summed E-state index contributed by atoms with van der Waals surface area (Å²) in [4.78, 5) is 162. The zero-order valence-electron chi connectivity index (χ0n) is 67.8. The van der Waals surface area contributed by atoms with E-state index in [1.54, 1.807) is 0 Å². The van der Waals surface area contributed by atoms with Crippen molar-refractivity contribution in [2.75, 3.05) is 68.3 Å². The third kappa shape index (κ3) is 18.4. The number of nitrogens with one attached hydrogen (secondary N) is 3. The fourth-order valence-corrected chi connectivity index (χ4v) is 22.0. The summed E-state index contributed by atoms with van der Waals surface area (Å²) in [6.07, 6.45) is -31.9. The smallest absolute Gasteiger partial charge is 0.387 e. The normalized spacial score (nSPS) is 37.3. The Kier molecular flexibility index (Phi) is 25.2. The van der Waals surface area contributed by atoms with E-state index in [4.69, 9.17) is 123 Å². The summed E-state index contributed by atoms with van der Waals surface area (Å²) < 4.78 is 211. The summed E-state index contributed by atoms with van der Waals surface area (Å²) in [5.74, 6) is -2.30. The van der Waals surface area contributed by atoms with Gasteiger partial charge in [-0.25, -0.2) is 76.6 Å². The molecule has 9 saturated heterocycles. The van der Waals surface area contributed by atoms with Crippen molar-refractivity contribution in [3.05, 3.63) is 98.6 Å². The van der Waals surface area contributed by atoms with Gasteiger partial charge in [-0.3, -0.25) is 106 Å². The standard InChI is InChI=1S/C21H24FN9O13P2.C20H22ClN9O13P2.C20H23FN10O13P2/c22-6-1-30(16-9(6)15(23)25-4-26-16)19-12(33)13-8(42-19)3-40-46(37,38)44-14-11(32)7(2-39-45(35,36)43-13)41-20(14)31-5-27-10-17(31)28-21(24)29-18(10)34;21-14-8-15(24-3-23-14)29(4-25-8)18-11(32)12-7(41-18)2-39-45(36,37)43-13-10(31)6(1-38-44(34,35)42-12)40-19(13)30-5-26-9-16(30)27-20(22)28-17(9)33;21-19-26-13(22)7-14(27-19)30(3-24-7)17-10(33)11-6(42-17)2-40-46(37,38)44-12-9(32)5(1-39-45(35,36)43-11)41-18(12)31-4-25-8-15(31)28-20(23)29-16(8)34/h1,4-5,7-8,11-14,19-20,32-33H,2-3H2,(H,35,36)(H,37,38)(H2,23,25,26)(H3,24,28,29,34);3-7,10-13,18-19,31-32H,1-2H2,(H,34,35)(H,36,37)(H3,22,27,28,33);3-6,9-12,17-18,32-33H,1-2H2,(H,35,36)(H,37,38)(H2,22,26,27)(H3,23,28,29,34)/t7-,8-,11-,12-,13-,14-,19-,20-;6-,7-,10-,11-,12-,13-,18-,19-;5-,6-,9-,10-,11-,12-,17-,18-/m111/s1. The van der Waals surface area contributed by atoms with Gasteiger partial charge in [0.1, 0.15) is 134 Å². The number of nitrogen functional groups attached to an aromatic ring is 5. The Bertz CT molecular complexity index is 7250. The van der Waals surface area contributed by atoms with Crippen LogP contribution in [0.2, 0.25) is 5.15 Å². The number of hydrogen-bond acceptors (Lipinski definition) is 52. The highest BCUT2D eigenvalue weighted by Gasteiger charge is 2.59. The Hall–Kier alpha value is -9.90. The van der Waals surface area contributed by atoms with Gasteiger partial charge in [-0.05, 0) is 0 Å². The SMILES string of the molecule is Nc1nc2c(ncn2[C@@H]2O[C@@H]3COP(=O)(O)O[C@H]4[C@@H](O)[C@H](n5cc(F)c6c(N)ncnc65)O[C@@H]4COP(=O)(O)O[C@@H]2[C@@H]3O)c(=O)[nH]1.Nc1nc2c(ncn2[C@@H]2O[C@@H]3COP(=O)(O)O[C@H]4[C@@H](O)[C@H](n5cnc6c(Cl)ncnc65)O[C@@H]4COP(=O)(O)O[C@@H]2[C@@H]3O)c(=O)[nH]1.Nc1nc2c(ncn2[C@@H]2O[C@@H]3COP(=O)(O)O[C@H]4[C@@H](O)[C@H](n5cnc6c(N)nc(F)nc65)O[C@@H]4COP(=O)(O)O[C@@H]2[C@@H]3O)c(=O)[nH]1. The molecule has 0 saturated carbocycles. The first-order chi connectivity index (χ1) is 64.8. The third-order valence-corrected chi connectivity index (χ3v) is 28.3. The van der Waals surface area contributed by atoms with Gasteiger partial charge in [-0.15, -0.1) is 0 Å². The van der Waals surface area contributed by atoms with Crippen LogP contribution in [0.4, 0.5) is 38.3 Å². The Morgan fingerprint density at radius 3 is 1.00 bits per heavy atom. The van der Waals surface area contributed by atoms with E-state index < -0.39 is 262 Å². The van der Waals surface area contributed by atoms with Crippen LogP contribution < -0.4 is 45.3 Å². The maximum atomic E-state index is 14.7. The maximum absolute atomic E-state index is 14.7. The van der Waals surface area contributed by atoms with E-state index in [-0.39, 0.29) is 101 Å². The number of fused-ring (bicyclic) bond motifs is 15. The van der Waals surface area contributed by atoms with E-state index in [9.17, 15) is 111 Å². The number of H-pyrrole nitrogens is 3. The monoisotopic (exact) mass is 2080 g/mol. The van der Waals surface area contributed by atoms with E-state index in [1.165, 1.54) is 10.9 Å². The lowest BCUT2D eigenvalue weighted by Crippen LogP contribution is -2.36. The highest BCUT2D eigenvalue weighted by atomic mass is 35.5. The maximum Gasteiger partial charge on any atom is 0.472 e. The number of hydrogen-bond donors (Lipinski definition) is 20. The quantitative estimate of drug-likeness (QED) is 0.0421. The summed E-state index contributed by atoms with van der Waals surface area (Å²) in [6, 6.07) is 0. The molecule has 9 aliphatic heterocycles. The number of halogens is 3. The van der Waals surface area contributed by atoms with Gasteiger partial charge >= 0.3 is 53.0 Å². The largest absolute Gasteiger partial charge is 0.472 e. The van der Waals surface area contributed by atoms with Crippen LogP contribution in [0.5, 0.6) is 0 Å². The van der Waals surface area contributed by atoms with Crippen LogP contribution in [0.3, 0.4) is 0 Å². The van der Waals surface area contributed by atoms with Crippen molar-refractivity contribution >= 4 is 155 Å². The predicted molar refractivity (Wildman–Crippen MR) is 433 cm³/mol. The van der Waals surface area contributed by atoms with Gasteiger partial charge in [0, 0.05) is 6.20 Å². The topological polar surface area (TPSA) is 950 Å². The molecule has 0 radical (unpaired) electrons. The van der Waals surface area contributed by atoms with Crippen LogP contribution in [0.1, 0.15) is 37.4 Å². The molecule has 12 aromatic heterocycles. The van der Waals surface area contributed by atoms with Crippen molar-refractivity contribution < 1.29 is 179 Å². The molecule has 12 aromatic rings. The molecule has 21 rings (SSSR count). The number of anilines is 5. The van der Waals surface area contributed by atoms with Crippen molar-refractivity contribution in [2.24, 2.45) is 0 Å². The average molecular weight is 2080 g/mol. The second-order valence-electron chi connectivity index (χ2n) is 30.7. The van der Waals surface area contributed by atoms with Crippen LogP contribution in [0.15, 0.2) is 64.9 Å². The molecule has 21 heterocycles. The molecule has 9 fully saturated rings. The number of nitrogens with zero attached hydrogens (tertiary/aromatic N) is 20. The molecule has 137 heavy (non-hydrogen) atoms. The number of aliphatic hydroxyl groups is 6. The Labute approximate surface area is 757 Å². The number of phosphoric ester groups is 6. The molecule has 0 aliphatic carbocycles. The lowest BCUT2D eigenvalue weighted by atomic mass is 10.1. The second kappa shape index (κ2) is 36.0. The number of nitrogens with two attached hydrogens (primary N) is 5. The molecule has 738 valence electrons. The summed E-state index contributed by atoms with van der Waals surface area (Å²) in [5, 5.41) is 66.1. The molecular weight excluding hydrogens is 2010 g/mol. The zero-order valence-corrected chi connectivity index (χ0v) is 73.9. The number of phosphoric acid groups is 6. The van der Waals surface area contributed by atoms with Crippen LogP contribution in [-0.4, -0.2) is 322 Å². The molecule has 76 heteroatoms. The van der Waals surface area contributed by atoms with Gasteiger partial charge in [0.2, 0.25) is 17.8 Å². The lowest BCUT2D eigenvalue weighted by molar-refractivity contribution is -0.0673. The third-order valence-electron chi connectivity index (χ3n) is 22.1. The highest BCUT2D eigenvalue weighted by molar-refractivity contribution is 7.48. The van der Waals surface area contributed by atoms with Gasteiger partial charge < -0.3 is 122 Å². The minimum absolute atomic E-state index is 0.00656. The molecule has 6 unspecified atom stereocenters. The second-order valence-corrected chi connectivity index (χ2v) is 39.5. The predicted octanol–water partition coefficient (Wildman–Crippen LogP) is -5.07. The molecule has 0 aromatic carbocycles. The molecule has 0 spiro atoms. The summed E-state index contributed by atoms with van der Waals surface area (Å²) in [7, 11) is -30.8. The van der Waals surface area contributed by atoms with E-state index in [0.717, 1.165) is 67.0 Å². The Morgan fingerprint density at radius 2 is 0.628 bits per heavy atom. The number of aromatic nitrogens is 23. The minimum atomic E-state index is -5.17. The van der Waals surface area contributed by atoms with Gasteiger partial charge in [0.05, 0.1) is 76.7 Å². The first-order valence-corrected chi connectivity index (χ1v) is 48.5. The first kappa shape index (κ1) is 96.0. The van der Waals surface area contributed by atoms with Crippen LogP contribution in [0, 0.1) is 11.9 Å². The van der Waals surface area contributed by atoms with Gasteiger partial charge in [0.15, 0.2) is 110 Å². The summed E-state index contributed by atoms with van der Waals surface area (Å²) in [5.41, 5.74) is 25.2. The molecule has 6 bridgehead atoms. The van der Waals surface area contributed by atoms with Gasteiger partial charge in [-0.2, -0.15) is 29.3 Å². The van der Waals surface area contributed by atoms with Crippen LogP contribution >= 0.6 is 58.5 Å². The van der Waals surface area contributed by atoms with Gasteiger partial charge in [-0.1, -0.05) is 11.6 Å². The molecule has 25 N–H and O–H groups in total. The van der Waals surface area contributed by atoms with Crippen molar-refractivity contribution in [3.63, 3.8) is 0 Å². The summed E-state index contributed by atoms with van der Waals surface area (Å²) in [6.45, 7) is -5.19. The Morgan fingerprint density at radius 1 is 0.336 bits per heavy atom. The Balaban J connectivity index is 0.000000132. The van der Waals surface area contributed by atoms with Gasteiger partial charge in [0.25, 0.3) is 16.7 Å². The van der Waals surface area contributed by atoms with Crippen molar-refractivity contribution in [2.45, 2.75) is 147 Å². The highest BCUT2D eigenvalue weighted by Crippen LogP contribution is 2.59. The molecular formula is C61H69ClF2N28O39P6. The van der Waals surface area contributed by atoms with E-state index in [1.807, 2.05) is 0 Å². The number of rotatable bonds is 6. The minimum Gasteiger partial charge on any atom is -0.387 e. The fourth-order valence-electron chi connectivity index (χ4n) is 16.1. The fraction of sp³-hybridized carbons (Fsp3) is 0.492. The van der Waals surface area contributed by atoms with Crippen LogP contribution in [0.25, 0.3) is 66.9 Å². The van der Waals surface area contributed by atoms with Crippen molar-refractivity contribution in [1.82, 2.24) is 112 Å². The summed E-state index contributed by atoms with van der Waals surface area (Å²) >= 11 is 6.06. The number of aromatic amines is 3. The zero-order chi connectivity index (χ0) is 97.2. The van der Waals surface area contributed by atoms with Crippen LogP contribution in [-0.2, 0) is 110 Å². The van der Waals surface area contributed by atoms with Crippen molar-refractivity contribution in [1.29, 1.82) is 0 Å². The average Bonchev–Trinajstić information content (AvgIpc) is 1.61. The van der Waals surface area contributed by atoms with E-state index >= 15 is 0 Å². The number of aliphatic hydroxyl groups excluding tert-OH is 6. The molecule has 30 atom stereocenters.